The van der Waals surface area contributed by atoms with Gasteiger partial charge in [-0.1, -0.05) is 0 Å². The molecule has 7 nitrogen and oxygen atoms in total. The van der Waals surface area contributed by atoms with Gasteiger partial charge in [0, 0.05) is 23.7 Å². The predicted molar refractivity (Wildman–Crippen MR) is 84.1 cm³/mol. The Balaban J connectivity index is 2.31. The summed E-state index contributed by atoms with van der Waals surface area (Å²) in [6, 6.07) is -0.258. The van der Waals surface area contributed by atoms with E-state index in [0.717, 1.165) is 0 Å². The smallest absolute Gasteiger partial charge is 0.410 e. The van der Waals surface area contributed by atoms with E-state index in [9.17, 15) is 18.4 Å². The maximum atomic E-state index is 14.4. The Labute approximate surface area is 144 Å². The summed E-state index contributed by atoms with van der Waals surface area (Å²) in [6.07, 6.45) is -0.294. The molecule has 1 amide bonds. The Morgan fingerprint density at radius 2 is 2.00 bits per heavy atom. The van der Waals surface area contributed by atoms with Crippen molar-refractivity contribution in [3.63, 3.8) is 0 Å². The van der Waals surface area contributed by atoms with Gasteiger partial charge in [-0.25, -0.2) is 9.59 Å². The van der Waals surface area contributed by atoms with Crippen molar-refractivity contribution in [3.8, 4) is 0 Å². The van der Waals surface area contributed by atoms with E-state index >= 15 is 0 Å². The quantitative estimate of drug-likeness (QED) is 0.839. The molecule has 0 saturated heterocycles. The van der Waals surface area contributed by atoms with Gasteiger partial charge in [-0.2, -0.15) is 13.9 Å². The number of ether oxygens (including phenoxy) is 2. The van der Waals surface area contributed by atoms with E-state index in [4.69, 9.17) is 4.74 Å². The molecule has 0 aromatic carbocycles. The van der Waals surface area contributed by atoms with E-state index in [-0.39, 0.29) is 24.8 Å². The number of nitrogens with one attached hydrogen (secondary N) is 1. The molecule has 0 unspecified atom stereocenters. The van der Waals surface area contributed by atoms with Gasteiger partial charge in [-0.15, -0.1) is 0 Å². The van der Waals surface area contributed by atoms with Crippen LogP contribution in [0.25, 0.3) is 0 Å². The van der Waals surface area contributed by atoms with Crippen LogP contribution in [0.1, 0.15) is 51.6 Å². The largest absolute Gasteiger partial charge is 0.461 e. The second-order valence-electron chi connectivity index (χ2n) is 6.99. The van der Waals surface area contributed by atoms with Crippen LogP contribution in [0.5, 0.6) is 0 Å². The molecule has 9 heteroatoms. The van der Waals surface area contributed by atoms with Gasteiger partial charge in [-0.05, 0) is 34.6 Å². The molecule has 1 aliphatic heterocycles. The van der Waals surface area contributed by atoms with Crippen LogP contribution in [0.2, 0.25) is 0 Å². The highest BCUT2D eigenvalue weighted by molar-refractivity contribution is 5.79. The van der Waals surface area contributed by atoms with Gasteiger partial charge in [-0.3, -0.25) is 5.10 Å². The predicted octanol–water partition coefficient (Wildman–Crippen LogP) is 2.75. The summed E-state index contributed by atoms with van der Waals surface area (Å²) in [5.41, 5.74) is -0.805. The minimum absolute atomic E-state index is 0.119. The zero-order valence-corrected chi connectivity index (χ0v) is 15.0. The molecule has 1 aromatic rings. The SMILES string of the molecule is CCOC(=O)C(F)(F)c1n[nH]c2c1CN(C(=O)OC(C)(C)C)[C@H](C)C2. The monoisotopic (exact) mass is 359 g/mol. The molecule has 0 bridgehead atoms. The summed E-state index contributed by atoms with van der Waals surface area (Å²) in [5, 5.41) is 6.17. The molecule has 0 fully saturated rings. The molecule has 1 aromatic heterocycles. The number of fused-ring (bicyclic) bond motifs is 1. The Kier molecular flexibility index (Phi) is 5.06. The first-order valence-electron chi connectivity index (χ1n) is 8.08. The summed E-state index contributed by atoms with van der Waals surface area (Å²) in [4.78, 5) is 25.3. The van der Waals surface area contributed by atoms with E-state index in [1.807, 2.05) is 0 Å². The number of hydrogen-bond acceptors (Lipinski definition) is 5. The number of alkyl halides is 2. The van der Waals surface area contributed by atoms with Crippen molar-refractivity contribution in [3.05, 3.63) is 17.0 Å². The van der Waals surface area contributed by atoms with E-state index < -0.39 is 29.3 Å². The number of nitrogens with zero attached hydrogens (tertiary/aromatic N) is 2. The highest BCUT2D eigenvalue weighted by atomic mass is 19.3. The minimum Gasteiger partial charge on any atom is -0.461 e. The van der Waals surface area contributed by atoms with Crippen LogP contribution in [0, 0.1) is 0 Å². The van der Waals surface area contributed by atoms with Crippen molar-refractivity contribution in [2.75, 3.05) is 6.61 Å². The summed E-state index contributed by atoms with van der Waals surface area (Å²) in [7, 11) is 0. The third-order valence-electron chi connectivity index (χ3n) is 3.77. The third kappa shape index (κ3) is 3.91. The van der Waals surface area contributed by atoms with Crippen molar-refractivity contribution in [1.29, 1.82) is 0 Å². The molecule has 1 N–H and O–H groups in total. The lowest BCUT2D eigenvalue weighted by Crippen LogP contribution is -2.45. The molecular formula is C16H23F2N3O4. The fraction of sp³-hybridized carbons (Fsp3) is 0.688. The second-order valence-corrected chi connectivity index (χ2v) is 6.99. The number of halogens is 2. The van der Waals surface area contributed by atoms with Crippen molar-refractivity contribution in [1.82, 2.24) is 15.1 Å². The molecule has 140 valence electrons. The third-order valence-corrected chi connectivity index (χ3v) is 3.77. The van der Waals surface area contributed by atoms with Gasteiger partial charge in [0.05, 0.1) is 13.2 Å². The fourth-order valence-corrected chi connectivity index (χ4v) is 2.62. The lowest BCUT2D eigenvalue weighted by Gasteiger charge is -2.35. The standard InChI is InChI=1S/C16H23F2N3O4/c1-6-24-13(22)16(17,18)12-10-8-21(14(23)25-15(3,4)5)9(2)7-11(10)19-20-12/h9H,6-8H2,1-5H3,(H,19,20)/t9-/m1/s1. The van der Waals surface area contributed by atoms with Crippen molar-refractivity contribution >= 4 is 12.1 Å². The highest BCUT2D eigenvalue weighted by Gasteiger charge is 2.49. The Bertz CT molecular complexity index is 667. The number of carbonyl (C=O) groups is 2. The second kappa shape index (κ2) is 6.61. The fourth-order valence-electron chi connectivity index (χ4n) is 2.62. The molecule has 25 heavy (non-hydrogen) atoms. The Morgan fingerprint density at radius 1 is 1.36 bits per heavy atom. The average molecular weight is 359 g/mol. The first-order valence-corrected chi connectivity index (χ1v) is 8.08. The maximum absolute atomic E-state index is 14.4. The molecule has 0 radical (unpaired) electrons. The number of H-pyrrole nitrogens is 1. The topological polar surface area (TPSA) is 84.5 Å². The van der Waals surface area contributed by atoms with Crippen LogP contribution < -0.4 is 0 Å². The van der Waals surface area contributed by atoms with Crippen molar-refractivity contribution < 1.29 is 27.8 Å². The molecule has 0 aliphatic carbocycles. The zero-order valence-electron chi connectivity index (χ0n) is 15.0. The van der Waals surface area contributed by atoms with Crippen LogP contribution >= 0.6 is 0 Å². The maximum Gasteiger partial charge on any atom is 0.410 e. The van der Waals surface area contributed by atoms with Crippen molar-refractivity contribution in [2.45, 2.75) is 65.1 Å². The van der Waals surface area contributed by atoms with Crippen LogP contribution in [0.15, 0.2) is 0 Å². The van der Waals surface area contributed by atoms with Gasteiger partial charge in [0.2, 0.25) is 0 Å². The normalized spacial score (nSPS) is 17.9. The van der Waals surface area contributed by atoms with E-state index in [2.05, 4.69) is 14.9 Å². The molecule has 1 atom stereocenters. The molecule has 2 rings (SSSR count). The molecular weight excluding hydrogens is 336 g/mol. The Morgan fingerprint density at radius 3 is 2.56 bits per heavy atom. The summed E-state index contributed by atoms with van der Waals surface area (Å²) >= 11 is 0. The van der Waals surface area contributed by atoms with Crippen LogP contribution in [0.4, 0.5) is 13.6 Å². The van der Waals surface area contributed by atoms with E-state index in [0.29, 0.717) is 12.1 Å². The van der Waals surface area contributed by atoms with Crippen molar-refractivity contribution in [2.24, 2.45) is 0 Å². The number of esters is 1. The summed E-state index contributed by atoms with van der Waals surface area (Å²) in [6.45, 7) is 8.13. The lowest BCUT2D eigenvalue weighted by molar-refractivity contribution is -0.173. The van der Waals surface area contributed by atoms with Gasteiger partial charge in [0.25, 0.3) is 0 Å². The number of rotatable bonds is 3. The highest BCUT2D eigenvalue weighted by Crippen LogP contribution is 2.35. The van der Waals surface area contributed by atoms with Gasteiger partial charge >= 0.3 is 18.0 Å². The van der Waals surface area contributed by atoms with Gasteiger partial charge < -0.3 is 14.4 Å². The molecule has 0 saturated carbocycles. The Hall–Kier alpha value is -2.19. The summed E-state index contributed by atoms with van der Waals surface area (Å²) < 4.78 is 38.5. The number of hydrogen-bond donors (Lipinski definition) is 1. The average Bonchev–Trinajstić information content (AvgIpc) is 2.87. The number of aromatic amines is 1. The first-order chi connectivity index (χ1) is 11.5. The van der Waals surface area contributed by atoms with E-state index in [1.165, 1.54) is 11.8 Å². The molecule has 2 heterocycles. The van der Waals surface area contributed by atoms with Crippen LogP contribution in [-0.4, -0.2) is 45.4 Å². The number of aromatic nitrogens is 2. The summed E-state index contributed by atoms with van der Waals surface area (Å²) in [5.74, 6) is -5.55. The minimum atomic E-state index is -3.89. The van der Waals surface area contributed by atoms with Crippen LogP contribution in [-0.2, 0) is 33.2 Å². The van der Waals surface area contributed by atoms with Crippen LogP contribution in [0.3, 0.4) is 0 Å². The molecule has 1 aliphatic rings. The zero-order chi connectivity index (χ0) is 19.0. The van der Waals surface area contributed by atoms with E-state index in [1.54, 1.807) is 27.7 Å². The first kappa shape index (κ1) is 19.1. The lowest BCUT2D eigenvalue weighted by atomic mass is 9.98. The van der Waals surface area contributed by atoms with Gasteiger partial charge in [0.1, 0.15) is 11.3 Å². The number of carbonyl (C=O) groups excluding carboxylic acids is 2. The number of amides is 1. The molecule has 0 spiro atoms. The van der Waals surface area contributed by atoms with Gasteiger partial charge in [0.15, 0.2) is 0 Å².